The second kappa shape index (κ2) is 7.57. The van der Waals surface area contributed by atoms with Crippen LogP contribution in [0.4, 0.5) is 0 Å². The monoisotopic (exact) mass is 389 g/mol. The Labute approximate surface area is 169 Å². The van der Waals surface area contributed by atoms with Crippen molar-refractivity contribution in [3.05, 3.63) is 70.6 Å². The Morgan fingerprint density at radius 2 is 1.86 bits per heavy atom. The summed E-state index contributed by atoms with van der Waals surface area (Å²) in [6.07, 6.45) is 4.48. The number of hydrogen-bond acceptors (Lipinski definition) is 5. The van der Waals surface area contributed by atoms with Gasteiger partial charge < -0.3 is 5.32 Å². The number of ketones is 1. The van der Waals surface area contributed by atoms with Crippen LogP contribution in [0.15, 0.2) is 53.9 Å². The summed E-state index contributed by atoms with van der Waals surface area (Å²) in [5.41, 5.74) is 5.05. The van der Waals surface area contributed by atoms with Gasteiger partial charge >= 0.3 is 0 Å². The molecule has 4 nitrogen and oxygen atoms in total. The van der Waals surface area contributed by atoms with Crippen molar-refractivity contribution >= 4 is 17.3 Å². The van der Waals surface area contributed by atoms with Crippen LogP contribution in [0.1, 0.15) is 46.7 Å². The van der Waals surface area contributed by atoms with Crippen LogP contribution in [0.25, 0.3) is 11.3 Å². The van der Waals surface area contributed by atoms with Crippen molar-refractivity contribution < 1.29 is 4.79 Å². The molecule has 142 valence electrons. The molecule has 28 heavy (non-hydrogen) atoms. The fourth-order valence-electron chi connectivity index (χ4n) is 3.72. The van der Waals surface area contributed by atoms with Crippen molar-refractivity contribution in [3.63, 3.8) is 0 Å². The summed E-state index contributed by atoms with van der Waals surface area (Å²) < 4.78 is 3.88. The highest BCUT2D eigenvalue weighted by Gasteiger charge is 2.38. The molecule has 2 saturated carbocycles. The topological polar surface area (TPSA) is 54.9 Å². The minimum Gasteiger partial charge on any atom is -0.313 e. The predicted octanol–water partition coefficient (Wildman–Crippen LogP) is 4.49. The number of rotatable bonds is 8. The van der Waals surface area contributed by atoms with Crippen LogP contribution in [0.2, 0.25) is 0 Å². The molecule has 1 aromatic heterocycles. The van der Waals surface area contributed by atoms with Gasteiger partial charge in [-0.1, -0.05) is 53.0 Å². The Balaban J connectivity index is 1.17. The predicted molar refractivity (Wildman–Crippen MR) is 112 cm³/mol. The van der Waals surface area contributed by atoms with Gasteiger partial charge in [0.15, 0.2) is 5.78 Å². The van der Waals surface area contributed by atoms with Gasteiger partial charge in [-0.15, -0.1) is 5.10 Å². The number of hydrogen-bond donors (Lipinski definition) is 1. The first kappa shape index (κ1) is 17.7. The number of aromatic nitrogens is 2. The minimum atomic E-state index is 0.145. The largest absolute Gasteiger partial charge is 0.313 e. The van der Waals surface area contributed by atoms with E-state index >= 15 is 0 Å². The molecule has 0 saturated heterocycles. The lowest BCUT2D eigenvalue weighted by molar-refractivity contribution is 0.0993. The second-order valence-corrected chi connectivity index (χ2v) is 8.62. The summed E-state index contributed by atoms with van der Waals surface area (Å²) in [5, 5.41) is 9.66. The van der Waals surface area contributed by atoms with Crippen LogP contribution in [-0.2, 0) is 6.42 Å². The average Bonchev–Trinajstić information content (AvgIpc) is 3.64. The summed E-state index contributed by atoms with van der Waals surface area (Å²) >= 11 is 1.33. The molecule has 2 fully saturated rings. The van der Waals surface area contributed by atoms with Crippen LogP contribution in [-0.4, -0.2) is 28.0 Å². The zero-order valence-corrected chi connectivity index (χ0v) is 16.5. The van der Waals surface area contributed by atoms with Crippen LogP contribution in [0.3, 0.4) is 0 Å². The van der Waals surface area contributed by atoms with E-state index in [1.54, 1.807) is 0 Å². The van der Waals surface area contributed by atoms with Crippen molar-refractivity contribution in [3.8, 4) is 11.3 Å². The normalized spacial score (nSPS) is 20.9. The molecule has 2 atom stereocenters. The van der Waals surface area contributed by atoms with E-state index in [1.165, 1.54) is 42.9 Å². The molecule has 0 aliphatic heterocycles. The molecule has 1 heterocycles. The average molecular weight is 390 g/mol. The van der Waals surface area contributed by atoms with Gasteiger partial charge in [0.1, 0.15) is 5.69 Å². The van der Waals surface area contributed by atoms with E-state index in [2.05, 4.69) is 39.2 Å². The van der Waals surface area contributed by atoms with Crippen LogP contribution < -0.4 is 5.32 Å². The molecule has 2 aliphatic rings. The Kier molecular flexibility index (Phi) is 4.79. The van der Waals surface area contributed by atoms with Crippen LogP contribution in [0, 0.1) is 5.92 Å². The molecule has 0 bridgehead atoms. The first-order chi connectivity index (χ1) is 13.8. The quantitative estimate of drug-likeness (QED) is 0.577. The number of benzene rings is 2. The highest BCUT2D eigenvalue weighted by atomic mass is 32.1. The highest BCUT2D eigenvalue weighted by Crippen LogP contribution is 2.41. The maximum Gasteiger partial charge on any atom is 0.167 e. The van der Waals surface area contributed by atoms with Crippen LogP contribution in [0.5, 0.6) is 0 Å². The van der Waals surface area contributed by atoms with E-state index in [1.807, 2.05) is 29.6 Å². The molecule has 1 N–H and O–H groups in total. The maximum absolute atomic E-state index is 12.6. The number of nitrogens with zero attached hydrogens (tertiary/aromatic N) is 2. The number of Topliss-reactive ketones (excluding diaryl/α,β-unsaturated/α-hetero) is 1. The van der Waals surface area contributed by atoms with Gasteiger partial charge in [0.2, 0.25) is 0 Å². The Morgan fingerprint density at radius 3 is 2.54 bits per heavy atom. The van der Waals surface area contributed by atoms with Gasteiger partial charge in [-0.3, -0.25) is 4.79 Å². The minimum absolute atomic E-state index is 0.145. The lowest BCUT2D eigenvalue weighted by Gasteiger charge is -2.06. The molecule has 2 unspecified atom stereocenters. The van der Waals surface area contributed by atoms with Gasteiger partial charge in [-0.05, 0) is 54.4 Å². The summed E-state index contributed by atoms with van der Waals surface area (Å²) in [5.74, 6) is 1.73. The summed E-state index contributed by atoms with van der Waals surface area (Å²) in [7, 11) is 0. The van der Waals surface area contributed by atoms with Gasteiger partial charge in [0.05, 0.1) is 0 Å². The summed E-state index contributed by atoms with van der Waals surface area (Å²) in [6.45, 7) is 1.19. The molecule has 5 rings (SSSR count). The molecule has 0 amide bonds. The molecular formula is C23H23N3OS. The third-order valence-corrected chi connectivity index (χ3v) is 6.30. The van der Waals surface area contributed by atoms with Crippen molar-refractivity contribution in [1.29, 1.82) is 0 Å². The molecule has 0 spiro atoms. The van der Waals surface area contributed by atoms with E-state index < -0.39 is 0 Å². The fraction of sp³-hybridized carbons (Fsp3) is 0.348. The molecule has 5 heteroatoms. The molecular weight excluding hydrogens is 366 g/mol. The number of carbonyl (C=O) groups excluding carboxylic acids is 1. The molecule has 2 aromatic carbocycles. The van der Waals surface area contributed by atoms with E-state index in [4.69, 9.17) is 0 Å². The standard InChI is InChI=1S/C23H23N3OS/c27-23(19-9-7-18(8-10-19)22-14-28-26-25-22)11-15-3-5-17(6-4-15)20-12-21(20)24-13-16-1-2-16/h3-10,14,16,20-21,24H,1-2,11-13H2. The van der Waals surface area contributed by atoms with Gasteiger partial charge in [0.25, 0.3) is 0 Å². The molecule has 3 aromatic rings. The van der Waals surface area contributed by atoms with E-state index in [-0.39, 0.29) is 5.78 Å². The highest BCUT2D eigenvalue weighted by molar-refractivity contribution is 7.03. The smallest absolute Gasteiger partial charge is 0.167 e. The summed E-state index contributed by atoms with van der Waals surface area (Å²) in [4.78, 5) is 12.6. The lowest BCUT2D eigenvalue weighted by Crippen LogP contribution is -2.20. The lowest BCUT2D eigenvalue weighted by atomic mass is 10.00. The Morgan fingerprint density at radius 1 is 1.07 bits per heavy atom. The van der Waals surface area contributed by atoms with Crippen molar-refractivity contribution in [2.45, 2.75) is 37.6 Å². The first-order valence-electron chi connectivity index (χ1n) is 9.99. The SMILES string of the molecule is O=C(Cc1ccc(C2CC2NCC2CC2)cc1)c1ccc(-c2csnn2)cc1. The first-order valence-corrected chi connectivity index (χ1v) is 10.8. The van der Waals surface area contributed by atoms with Crippen molar-refractivity contribution in [1.82, 2.24) is 14.9 Å². The number of carbonyl (C=O) groups is 1. The number of nitrogens with one attached hydrogen (secondary N) is 1. The second-order valence-electron chi connectivity index (χ2n) is 8.01. The zero-order chi connectivity index (χ0) is 18.9. The van der Waals surface area contributed by atoms with Crippen LogP contribution >= 0.6 is 11.5 Å². The fourth-order valence-corrected chi connectivity index (χ4v) is 4.18. The Bertz CT molecular complexity index is 947. The van der Waals surface area contributed by atoms with Crippen molar-refractivity contribution in [2.75, 3.05) is 6.54 Å². The molecule has 0 radical (unpaired) electrons. The third-order valence-electron chi connectivity index (χ3n) is 5.79. The van der Waals surface area contributed by atoms with E-state index in [0.717, 1.165) is 28.3 Å². The third kappa shape index (κ3) is 4.05. The molecule has 2 aliphatic carbocycles. The van der Waals surface area contributed by atoms with Crippen molar-refractivity contribution in [2.24, 2.45) is 5.92 Å². The Hall–Kier alpha value is -2.37. The van der Waals surface area contributed by atoms with Gasteiger partial charge in [-0.25, -0.2) is 0 Å². The van der Waals surface area contributed by atoms with Gasteiger partial charge in [0, 0.05) is 34.9 Å². The van der Waals surface area contributed by atoms with Gasteiger partial charge in [-0.2, -0.15) is 0 Å². The zero-order valence-electron chi connectivity index (χ0n) is 15.7. The van der Waals surface area contributed by atoms with E-state index in [0.29, 0.717) is 18.4 Å². The summed E-state index contributed by atoms with van der Waals surface area (Å²) in [6, 6.07) is 16.9. The van der Waals surface area contributed by atoms with E-state index in [9.17, 15) is 4.79 Å². The maximum atomic E-state index is 12.6.